The van der Waals surface area contributed by atoms with E-state index in [-0.39, 0.29) is 54.1 Å². The van der Waals surface area contributed by atoms with Gasteiger partial charge in [-0.1, -0.05) is 111 Å². The summed E-state index contributed by atoms with van der Waals surface area (Å²) in [5, 5.41) is 12.5. The largest absolute Gasteiger partial charge is 0.444 e. The molecule has 2 saturated heterocycles. The van der Waals surface area contributed by atoms with Crippen molar-refractivity contribution >= 4 is 35.5 Å². The van der Waals surface area contributed by atoms with Crippen LogP contribution in [-0.4, -0.2) is 113 Å². The van der Waals surface area contributed by atoms with Gasteiger partial charge in [-0.05, 0) is 65.4 Å². The average Bonchev–Trinajstić information content (AvgIpc) is 3.96. The predicted octanol–water partition coefficient (Wildman–Crippen LogP) is 5.36. The lowest BCUT2D eigenvalue weighted by atomic mass is 9.70. The third-order valence-electron chi connectivity index (χ3n) is 14.1. The second-order valence-electron chi connectivity index (χ2n) is 21.1. The highest BCUT2D eigenvalue weighted by Crippen LogP contribution is 2.41. The van der Waals surface area contributed by atoms with Gasteiger partial charge in [-0.3, -0.25) is 24.0 Å². The molecule has 2 aliphatic carbocycles. The highest BCUT2D eigenvalue weighted by Gasteiger charge is 2.49. The quantitative estimate of drug-likeness (QED) is 0.119. The van der Waals surface area contributed by atoms with Gasteiger partial charge in [0.1, 0.15) is 18.2 Å². The summed E-state index contributed by atoms with van der Waals surface area (Å²) in [6.45, 7) is 22.8. The van der Waals surface area contributed by atoms with Crippen molar-refractivity contribution in [1.82, 2.24) is 36.0 Å². The van der Waals surface area contributed by atoms with E-state index >= 15 is 4.79 Å². The summed E-state index contributed by atoms with van der Waals surface area (Å²) in [5.41, 5.74) is 1.40. The molecule has 4 fully saturated rings. The van der Waals surface area contributed by atoms with E-state index in [1.807, 2.05) is 23.1 Å². The predicted molar refractivity (Wildman–Crippen MR) is 242 cm³/mol. The van der Waals surface area contributed by atoms with E-state index < -0.39 is 53.3 Å². The fourth-order valence-electron chi connectivity index (χ4n) is 9.74. The van der Waals surface area contributed by atoms with Crippen LogP contribution in [0.25, 0.3) is 0 Å². The topological polar surface area (TPSA) is 169 Å². The van der Waals surface area contributed by atoms with Crippen LogP contribution >= 0.6 is 0 Å². The number of hydrogen-bond donors (Lipinski definition) is 4. The van der Waals surface area contributed by atoms with Crippen LogP contribution in [-0.2, 0) is 41.7 Å². The van der Waals surface area contributed by atoms with Crippen LogP contribution in [0.2, 0.25) is 0 Å². The molecule has 1 aromatic rings. The Morgan fingerprint density at radius 3 is 2.30 bits per heavy atom. The van der Waals surface area contributed by atoms with E-state index in [0.717, 1.165) is 56.9 Å². The van der Waals surface area contributed by atoms with E-state index in [1.165, 1.54) is 16.5 Å². The van der Waals surface area contributed by atoms with Gasteiger partial charge >= 0.3 is 6.09 Å². The molecule has 14 nitrogen and oxygen atoms in total. The van der Waals surface area contributed by atoms with Crippen molar-refractivity contribution in [3.8, 4) is 0 Å². The summed E-state index contributed by atoms with van der Waals surface area (Å²) in [5.74, 6) is -1.69. The molecule has 3 heterocycles. The summed E-state index contributed by atoms with van der Waals surface area (Å²) in [6, 6.07) is 4.82. The first-order valence-electron chi connectivity index (χ1n) is 23.3. The van der Waals surface area contributed by atoms with Crippen LogP contribution in [0.15, 0.2) is 49.3 Å². The molecule has 0 bridgehead atoms. The Labute approximate surface area is 374 Å². The molecule has 2 saturated carbocycles. The standard InChI is InChI=1S/C49H73N7O7/c1-9-23-50-44(60)41(58)37(26-33-17-18-33)53-43(59)38-27-36(63-46(62)55-24-19-34-15-11-12-16-35(34)29-55)30-56(38)45(61)42(49(8)20-13-10-14-21-49)52-32(2)51-39(47(3,4)5)31-54-25-22-48(6,7)28-40(54)57/h9,11-12,15-16,33,36-39,42,51-52H,1-2,10,13-14,17-31H2,3-8H3,(H,50,60)(H,53,59)/t36-,37?,38+,39-,42-/m1/s1. The minimum atomic E-state index is -1.09. The average molecular weight is 872 g/mol. The summed E-state index contributed by atoms with van der Waals surface area (Å²) < 4.78 is 6.14. The SMILES string of the molecule is C=CCNC(=O)C(=O)C(CC1CC1)NC(=O)[C@@H]1C[C@@H](OC(=O)N2CCc3ccccc3C2)CN1C(=O)[C@@H](NC(=C)N[C@H](CN1CCC(C)(C)CC1=O)C(C)(C)C)C1(C)CCCCC1. The number of nitrogens with one attached hydrogen (secondary N) is 4. The third-order valence-corrected chi connectivity index (χ3v) is 14.1. The minimum Gasteiger partial charge on any atom is -0.444 e. The van der Waals surface area contributed by atoms with Gasteiger partial charge in [0.2, 0.25) is 23.5 Å². The molecule has 5 amide bonds. The number of benzene rings is 1. The van der Waals surface area contributed by atoms with Crippen LogP contribution in [0.3, 0.4) is 0 Å². The first-order valence-corrected chi connectivity index (χ1v) is 23.3. The van der Waals surface area contributed by atoms with Crippen LogP contribution in [0.5, 0.6) is 0 Å². The second-order valence-corrected chi connectivity index (χ2v) is 21.1. The Morgan fingerprint density at radius 1 is 0.952 bits per heavy atom. The Kier molecular flexibility index (Phi) is 15.0. The summed E-state index contributed by atoms with van der Waals surface area (Å²) in [7, 11) is 0. The Bertz CT molecular complexity index is 1900. The van der Waals surface area contributed by atoms with Gasteiger partial charge in [-0.2, -0.15) is 0 Å². The van der Waals surface area contributed by atoms with Gasteiger partial charge in [0.05, 0.1) is 18.4 Å². The normalized spacial score (nSPS) is 23.3. The number of carbonyl (C=O) groups excluding carboxylic acids is 6. The van der Waals surface area contributed by atoms with Crippen molar-refractivity contribution in [3.05, 3.63) is 60.4 Å². The zero-order valence-electron chi connectivity index (χ0n) is 38.7. The van der Waals surface area contributed by atoms with Gasteiger partial charge < -0.3 is 40.7 Å². The number of fused-ring (bicyclic) bond motifs is 1. The Morgan fingerprint density at radius 2 is 1.65 bits per heavy atom. The van der Waals surface area contributed by atoms with Gasteiger partial charge in [0.25, 0.3) is 5.91 Å². The maximum absolute atomic E-state index is 15.4. The molecular weight excluding hydrogens is 799 g/mol. The molecule has 0 aromatic heterocycles. The smallest absolute Gasteiger partial charge is 0.410 e. The summed E-state index contributed by atoms with van der Waals surface area (Å²) in [4.78, 5) is 88.5. The van der Waals surface area contributed by atoms with Crippen molar-refractivity contribution in [3.63, 3.8) is 0 Å². The molecule has 1 unspecified atom stereocenters. The molecule has 0 spiro atoms. The molecule has 3 aliphatic heterocycles. The minimum absolute atomic E-state index is 0.0239. The zero-order chi connectivity index (χ0) is 45.7. The number of amides is 5. The number of carbonyl (C=O) groups is 6. The van der Waals surface area contributed by atoms with Crippen LogP contribution < -0.4 is 21.3 Å². The Hall–Kier alpha value is -4.88. The maximum atomic E-state index is 15.4. The molecule has 4 N–H and O–H groups in total. The number of piperidine rings is 1. The van der Waals surface area contributed by atoms with Gasteiger partial charge in [0, 0.05) is 51.6 Å². The van der Waals surface area contributed by atoms with Crippen molar-refractivity contribution in [2.24, 2.45) is 22.2 Å². The number of ether oxygens (including phenoxy) is 1. The molecule has 63 heavy (non-hydrogen) atoms. The number of likely N-dealkylation sites (tertiary alicyclic amines) is 2. The van der Waals surface area contributed by atoms with Gasteiger partial charge in [-0.15, -0.1) is 6.58 Å². The van der Waals surface area contributed by atoms with Crippen molar-refractivity contribution in [2.75, 3.05) is 32.7 Å². The molecule has 1 aromatic carbocycles. The molecule has 5 atom stereocenters. The fourth-order valence-corrected chi connectivity index (χ4v) is 9.74. The Balaban J connectivity index is 1.25. The van der Waals surface area contributed by atoms with Crippen LogP contribution in [0.4, 0.5) is 4.79 Å². The highest BCUT2D eigenvalue weighted by molar-refractivity contribution is 6.38. The molecule has 6 rings (SSSR count). The molecule has 5 aliphatic rings. The van der Waals surface area contributed by atoms with Crippen LogP contribution in [0, 0.1) is 22.2 Å². The summed E-state index contributed by atoms with van der Waals surface area (Å²) >= 11 is 0. The maximum Gasteiger partial charge on any atom is 0.410 e. The summed E-state index contributed by atoms with van der Waals surface area (Å²) in [6.07, 6.45) is 8.82. The number of hydrogen-bond acceptors (Lipinski definition) is 9. The van der Waals surface area contributed by atoms with E-state index in [0.29, 0.717) is 51.3 Å². The lowest BCUT2D eigenvalue weighted by Gasteiger charge is -2.44. The zero-order valence-corrected chi connectivity index (χ0v) is 38.7. The lowest BCUT2D eigenvalue weighted by Crippen LogP contribution is -2.61. The van der Waals surface area contributed by atoms with E-state index in [2.05, 4.69) is 82.0 Å². The van der Waals surface area contributed by atoms with E-state index in [1.54, 1.807) is 4.90 Å². The second kappa shape index (κ2) is 19.9. The lowest BCUT2D eigenvalue weighted by molar-refractivity contribution is -0.144. The van der Waals surface area contributed by atoms with Crippen molar-refractivity contribution in [2.45, 2.75) is 155 Å². The van der Waals surface area contributed by atoms with E-state index in [9.17, 15) is 24.0 Å². The van der Waals surface area contributed by atoms with Crippen LogP contribution in [0.1, 0.15) is 123 Å². The highest BCUT2D eigenvalue weighted by atomic mass is 16.6. The molecular formula is C49H73N7O7. The number of nitrogens with zero attached hydrogens (tertiary/aromatic N) is 3. The number of rotatable bonds is 17. The third kappa shape index (κ3) is 12.2. The first kappa shape index (κ1) is 47.6. The molecule has 14 heteroatoms. The van der Waals surface area contributed by atoms with Gasteiger partial charge in [-0.25, -0.2) is 4.79 Å². The monoisotopic (exact) mass is 872 g/mol. The van der Waals surface area contributed by atoms with E-state index in [4.69, 9.17) is 4.74 Å². The molecule has 0 radical (unpaired) electrons. The van der Waals surface area contributed by atoms with Crippen molar-refractivity contribution in [1.29, 1.82) is 0 Å². The van der Waals surface area contributed by atoms with Crippen molar-refractivity contribution < 1.29 is 33.5 Å². The van der Waals surface area contributed by atoms with Gasteiger partial charge in [0.15, 0.2) is 0 Å². The number of ketones is 1. The first-order chi connectivity index (χ1) is 29.8. The molecule has 346 valence electrons. The number of Topliss-reactive ketones (excluding diaryl/α,β-unsaturated/α-hetero) is 1. The fraction of sp³-hybridized carbons (Fsp3) is 0.673.